The third kappa shape index (κ3) is 0.838. The maximum Gasteiger partial charge on any atom is 0.108 e. The van der Waals surface area contributed by atoms with Gasteiger partial charge in [0.2, 0.25) is 0 Å². The van der Waals surface area contributed by atoms with Gasteiger partial charge in [-0.2, -0.15) is 0 Å². The molecular weight excluding hydrogens is 124 g/mol. The number of imidazole rings is 1. The first-order valence-electron chi connectivity index (χ1n) is 3.86. The SMILES string of the molecule is CC1CCn2ccnc2C1. The lowest BCUT2D eigenvalue weighted by atomic mass is 10.0. The molecule has 54 valence electrons. The molecule has 0 aromatic carbocycles. The van der Waals surface area contributed by atoms with Crippen LogP contribution in [0.4, 0.5) is 0 Å². The van der Waals surface area contributed by atoms with Gasteiger partial charge in [0, 0.05) is 25.4 Å². The molecule has 0 N–H and O–H groups in total. The molecule has 2 heterocycles. The first-order valence-corrected chi connectivity index (χ1v) is 3.86. The zero-order chi connectivity index (χ0) is 6.97. The molecule has 1 unspecified atom stereocenters. The quantitative estimate of drug-likeness (QED) is 0.528. The molecule has 0 bridgehead atoms. The third-order valence-corrected chi connectivity index (χ3v) is 2.20. The van der Waals surface area contributed by atoms with Crippen LogP contribution >= 0.6 is 0 Å². The van der Waals surface area contributed by atoms with Crippen LogP contribution in [0.5, 0.6) is 0 Å². The van der Waals surface area contributed by atoms with Crippen molar-refractivity contribution in [3.05, 3.63) is 18.2 Å². The summed E-state index contributed by atoms with van der Waals surface area (Å²) in [6, 6.07) is 0. The van der Waals surface area contributed by atoms with Gasteiger partial charge < -0.3 is 4.57 Å². The van der Waals surface area contributed by atoms with Crippen molar-refractivity contribution in [2.24, 2.45) is 5.92 Å². The van der Waals surface area contributed by atoms with Crippen molar-refractivity contribution < 1.29 is 0 Å². The van der Waals surface area contributed by atoms with Gasteiger partial charge in [-0.25, -0.2) is 4.98 Å². The van der Waals surface area contributed by atoms with Crippen LogP contribution in [-0.2, 0) is 13.0 Å². The molecule has 0 fully saturated rings. The largest absolute Gasteiger partial charge is 0.335 e. The van der Waals surface area contributed by atoms with Crippen LogP contribution in [0.3, 0.4) is 0 Å². The number of aromatic nitrogens is 2. The molecule has 0 saturated carbocycles. The molecular formula is C8H12N2. The van der Waals surface area contributed by atoms with Gasteiger partial charge in [0.05, 0.1) is 0 Å². The Morgan fingerprint density at radius 2 is 2.60 bits per heavy atom. The normalized spacial score (nSPS) is 24.3. The van der Waals surface area contributed by atoms with Crippen LogP contribution in [0.1, 0.15) is 19.2 Å². The molecule has 1 aromatic rings. The summed E-state index contributed by atoms with van der Waals surface area (Å²) >= 11 is 0. The Morgan fingerprint density at radius 1 is 1.70 bits per heavy atom. The fourth-order valence-corrected chi connectivity index (χ4v) is 1.51. The molecule has 10 heavy (non-hydrogen) atoms. The molecule has 0 radical (unpaired) electrons. The van der Waals surface area contributed by atoms with Crippen molar-refractivity contribution >= 4 is 0 Å². The zero-order valence-electron chi connectivity index (χ0n) is 6.25. The van der Waals surface area contributed by atoms with Crippen LogP contribution in [0.25, 0.3) is 0 Å². The van der Waals surface area contributed by atoms with E-state index in [9.17, 15) is 0 Å². The van der Waals surface area contributed by atoms with Gasteiger partial charge in [-0.1, -0.05) is 6.92 Å². The highest BCUT2D eigenvalue weighted by atomic mass is 15.1. The average Bonchev–Trinajstić information content (AvgIpc) is 2.33. The number of rotatable bonds is 0. The Kier molecular flexibility index (Phi) is 1.26. The van der Waals surface area contributed by atoms with E-state index in [-0.39, 0.29) is 0 Å². The van der Waals surface area contributed by atoms with E-state index in [0.29, 0.717) is 0 Å². The smallest absolute Gasteiger partial charge is 0.108 e. The van der Waals surface area contributed by atoms with Crippen molar-refractivity contribution in [1.82, 2.24) is 9.55 Å². The lowest BCUT2D eigenvalue weighted by Gasteiger charge is -2.19. The lowest BCUT2D eigenvalue weighted by Crippen LogP contribution is -2.16. The van der Waals surface area contributed by atoms with E-state index in [1.807, 2.05) is 6.20 Å². The van der Waals surface area contributed by atoms with Gasteiger partial charge >= 0.3 is 0 Å². The van der Waals surface area contributed by atoms with Gasteiger partial charge in [-0.3, -0.25) is 0 Å². The van der Waals surface area contributed by atoms with E-state index in [1.165, 1.54) is 12.2 Å². The highest BCUT2D eigenvalue weighted by Crippen LogP contribution is 2.17. The van der Waals surface area contributed by atoms with Crippen molar-refractivity contribution in [1.29, 1.82) is 0 Å². The highest BCUT2D eigenvalue weighted by molar-refractivity contribution is 4.96. The Labute approximate surface area is 60.9 Å². The van der Waals surface area contributed by atoms with Crippen LogP contribution in [0, 0.1) is 5.92 Å². The maximum atomic E-state index is 4.27. The Hall–Kier alpha value is -0.790. The van der Waals surface area contributed by atoms with E-state index in [4.69, 9.17) is 0 Å². The summed E-state index contributed by atoms with van der Waals surface area (Å²) < 4.78 is 2.25. The second kappa shape index (κ2) is 2.11. The van der Waals surface area contributed by atoms with Crippen molar-refractivity contribution in [2.75, 3.05) is 0 Å². The van der Waals surface area contributed by atoms with Crippen LogP contribution in [-0.4, -0.2) is 9.55 Å². The minimum absolute atomic E-state index is 0.829. The molecule has 2 rings (SSSR count). The summed E-state index contributed by atoms with van der Waals surface area (Å²) in [6.45, 7) is 3.45. The lowest BCUT2D eigenvalue weighted by molar-refractivity contribution is 0.409. The molecule has 0 amide bonds. The zero-order valence-corrected chi connectivity index (χ0v) is 6.25. The second-order valence-corrected chi connectivity index (χ2v) is 3.13. The van der Waals surface area contributed by atoms with E-state index < -0.39 is 0 Å². The predicted molar refractivity (Wildman–Crippen MR) is 39.7 cm³/mol. The third-order valence-electron chi connectivity index (χ3n) is 2.20. The number of nitrogens with zero attached hydrogens (tertiary/aromatic N) is 2. The van der Waals surface area contributed by atoms with Gasteiger partial charge in [-0.15, -0.1) is 0 Å². The highest BCUT2D eigenvalue weighted by Gasteiger charge is 2.13. The van der Waals surface area contributed by atoms with Crippen LogP contribution in [0.2, 0.25) is 0 Å². The van der Waals surface area contributed by atoms with Crippen molar-refractivity contribution in [2.45, 2.75) is 26.3 Å². The molecule has 2 heteroatoms. The molecule has 0 spiro atoms. The molecule has 0 aliphatic carbocycles. The summed E-state index contributed by atoms with van der Waals surface area (Å²) in [6.07, 6.45) is 6.44. The minimum atomic E-state index is 0.829. The summed E-state index contributed by atoms with van der Waals surface area (Å²) in [7, 11) is 0. The van der Waals surface area contributed by atoms with E-state index in [1.54, 1.807) is 0 Å². The number of aryl methyl sites for hydroxylation is 1. The van der Waals surface area contributed by atoms with Gasteiger partial charge in [0.1, 0.15) is 5.82 Å². The Bertz CT molecular complexity index is 227. The number of fused-ring (bicyclic) bond motifs is 1. The van der Waals surface area contributed by atoms with Gasteiger partial charge in [0.15, 0.2) is 0 Å². The molecule has 0 saturated heterocycles. The maximum absolute atomic E-state index is 4.27. The summed E-state index contributed by atoms with van der Waals surface area (Å²) in [5, 5.41) is 0. The first kappa shape index (κ1) is 5.96. The van der Waals surface area contributed by atoms with Crippen molar-refractivity contribution in [3.63, 3.8) is 0 Å². The van der Waals surface area contributed by atoms with Gasteiger partial charge in [-0.05, 0) is 12.3 Å². The molecule has 1 aliphatic rings. The number of hydrogen-bond acceptors (Lipinski definition) is 1. The predicted octanol–water partition coefficient (Wildman–Crippen LogP) is 1.47. The molecule has 1 atom stereocenters. The average molecular weight is 136 g/mol. The molecule has 1 aliphatic heterocycles. The second-order valence-electron chi connectivity index (χ2n) is 3.13. The summed E-state index contributed by atoms with van der Waals surface area (Å²) in [5.74, 6) is 2.09. The molecule has 2 nitrogen and oxygen atoms in total. The summed E-state index contributed by atoms with van der Waals surface area (Å²) in [5.41, 5.74) is 0. The minimum Gasteiger partial charge on any atom is -0.335 e. The van der Waals surface area contributed by atoms with Crippen LogP contribution < -0.4 is 0 Å². The fourth-order valence-electron chi connectivity index (χ4n) is 1.51. The summed E-state index contributed by atoms with van der Waals surface area (Å²) in [4.78, 5) is 4.27. The number of hydrogen-bond donors (Lipinski definition) is 0. The fraction of sp³-hybridized carbons (Fsp3) is 0.625. The monoisotopic (exact) mass is 136 g/mol. The Morgan fingerprint density at radius 3 is 3.50 bits per heavy atom. The standard InChI is InChI=1S/C8H12N2/c1-7-2-4-10-5-3-9-8(10)6-7/h3,5,7H,2,4,6H2,1H3. The van der Waals surface area contributed by atoms with E-state index >= 15 is 0 Å². The van der Waals surface area contributed by atoms with E-state index in [0.717, 1.165) is 18.9 Å². The Balaban J connectivity index is 2.30. The topological polar surface area (TPSA) is 17.8 Å². The van der Waals surface area contributed by atoms with Crippen molar-refractivity contribution in [3.8, 4) is 0 Å². The van der Waals surface area contributed by atoms with E-state index in [2.05, 4.69) is 22.7 Å². The van der Waals surface area contributed by atoms with Crippen LogP contribution in [0.15, 0.2) is 12.4 Å². The van der Waals surface area contributed by atoms with Gasteiger partial charge in [0.25, 0.3) is 0 Å². The first-order chi connectivity index (χ1) is 4.86. The molecule has 1 aromatic heterocycles.